The van der Waals surface area contributed by atoms with Gasteiger partial charge < -0.3 is 9.47 Å². The Kier molecular flexibility index (Phi) is 3.96. The second-order valence-electron chi connectivity index (χ2n) is 7.63. The molecular formula is C18H24N2O4. The third-order valence-electron chi connectivity index (χ3n) is 6.16. The molecule has 0 aromatic rings. The van der Waals surface area contributed by atoms with Gasteiger partial charge in [0.15, 0.2) is 12.5 Å². The van der Waals surface area contributed by atoms with E-state index in [0.29, 0.717) is 23.7 Å². The summed E-state index contributed by atoms with van der Waals surface area (Å²) in [5.74, 6) is -0.171. The Balaban J connectivity index is 1.27. The zero-order chi connectivity index (χ0) is 16.8. The number of hydrogen-bond donors (Lipinski definition) is 2. The first-order chi connectivity index (χ1) is 11.5. The summed E-state index contributed by atoms with van der Waals surface area (Å²) in [5, 5.41) is 0. The number of hydrogen-bond acceptors (Lipinski definition) is 6. The van der Waals surface area contributed by atoms with Crippen molar-refractivity contribution in [2.24, 2.45) is 47.0 Å². The summed E-state index contributed by atoms with van der Waals surface area (Å²) in [6.07, 6.45) is 11.0. The molecule has 0 aliphatic heterocycles. The lowest BCUT2D eigenvalue weighted by Gasteiger charge is -2.26. The number of allylic oxidation sites excluding steroid dienone is 4. The van der Waals surface area contributed by atoms with Crippen LogP contribution in [0.4, 0.5) is 0 Å². The number of nitrogens with two attached hydrogens (primary N) is 2. The Bertz CT molecular complexity index is 550. The first-order valence-corrected chi connectivity index (χ1v) is 8.80. The van der Waals surface area contributed by atoms with Gasteiger partial charge in [-0.05, 0) is 49.4 Å². The molecule has 0 spiro atoms. The Labute approximate surface area is 141 Å². The maximum Gasteiger partial charge on any atom is 0.419 e. The van der Waals surface area contributed by atoms with Crippen LogP contribution in [0, 0.1) is 35.5 Å². The van der Waals surface area contributed by atoms with Gasteiger partial charge in [-0.15, -0.1) is 0 Å². The van der Waals surface area contributed by atoms with Crippen LogP contribution in [-0.4, -0.2) is 24.4 Å². The Morgan fingerprint density at radius 1 is 0.750 bits per heavy atom. The van der Waals surface area contributed by atoms with E-state index in [1.807, 2.05) is 0 Å². The molecule has 2 saturated carbocycles. The molecule has 0 aromatic carbocycles. The lowest BCUT2D eigenvalue weighted by atomic mass is 9.92. The molecule has 0 aromatic heterocycles. The summed E-state index contributed by atoms with van der Waals surface area (Å²) in [6.45, 7) is 0. The third-order valence-corrected chi connectivity index (χ3v) is 6.16. The molecule has 4 rings (SSSR count). The van der Waals surface area contributed by atoms with E-state index >= 15 is 0 Å². The summed E-state index contributed by atoms with van der Waals surface area (Å²) in [5.41, 5.74) is 12.0. The van der Waals surface area contributed by atoms with Crippen molar-refractivity contribution < 1.29 is 19.1 Å². The van der Waals surface area contributed by atoms with Crippen molar-refractivity contribution in [2.75, 3.05) is 0 Å². The van der Waals surface area contributed by atoms with E-state index in [2.05, 4.69) is 24.3 Å². The first kappa shape index (κ1) is 15.8. The molecule has 0 amide bonds. The van der Waals surface area contributed by atoms with Gasteiger partial charge in [0.2, 0.25) is 0 Å². The van der Waals surface area contributed by atoms with Crippen molar-refractivity contribution in [3.8, 4) is 0 Å². The quantitative estimate of drug-likeness (QED) is 0.345. The minimum atomic E-state index is -1.04. The second-order valence-corrected chi connectivity index (χ2v) is 7.63. The van der Waals surface area contributed by atoms with Crippen molar-refractivity contribution in [3.63, 3.8) is 0 Å². The largest absolute Gasteiger partial charge is 0.438 e. The lowest BCUT2D eigenvalue weighted by molar-refractivity contribution is -0.177. The topological polar surface area (TPSA) is 105 Å². The van der Waals surface area contributed by atoms with Crippen molar-refractivity contribution in [2.45, 2.75) is 38.1 Å². The molecule has 0 saturated heterocycles. The molecule has 4 bridgehead atoms. The first-order valence-electron chi connectivity index (χ1n) is 8.80. The normalized spacial score (nSPS) is 40.8. The highest BCUT2D eigenvalue weighted by Gasteiger charge is 2.43. The van der Waals surface area contributed by atoms with Crippen LogP contribution >= 0.6 is 0 Å². The van der Waals surface area contributed by atoms with Crippen LogP contribution in [0.5, 0.6) is 0 Å². The zero-order valence-corrected chi connectivity index (χ0v) is 13.5. The van der Waals surface area contributed by atoms with Gasteiger partial charge in [0, 0.05) is 11.8 Å². The maximum atomic E-state index is 12.0. The van der Waals surface area contributed by atoms with Gasteiger partial charge >= 0.3 is 11.9 Å². The SMILES string of the molecule is NC(OC(=O)C(=O)OC(N)[C@H]1C[C@@H]2C=C[C@H]1C2)[C@H]1C[C@@H]2C=C[C@H]1C2. The summed E-state index contributed by atoms with van der Waals surface area (Å²) in [6, 6.07) is 0. The summed E-state index contributed by atoms with van der Waals surface area (Å²) in [4.78, 5) is 23.9. The molecule has 0 heterocycles. The number of esters is 2. The minimum absolute atomic E-state index is 0.0844. The predicted octanol–water partition coefficient (Wildman–Crippen LogP) is 1.07. The molecule has 4 aliphatic rings. The van der Waals surface area contributed by atoms with E-state index < -0.39 is 24.4 Å². The van der Waals surface area contributed by atoms with Crippen LogP contribution in [0.1, 0.15) is 25.7 Å². The van der Waals surface area contributed by atoms with Gasteiger partial charge in [-0.2, -0.15) is 0 Å². The van der Waals surface area contributed by atoms with Crippen LogP contribution < -0.4 is 11.5 Å². The van der Waals surface area contributed by atoms with Crippen LogP contribution in [0.15, 0.2) is 24.3 Å². The van der Waals surface area contributed by atoms with Gasteiger partial charge in [-0.3, -0.25) is 11.5 Å². The lowest BCUT2D eigenvalue weighted by Crippen LogP contribution is -2.42. The standard InChI is InChI=1S/C18H24N2O4/c19-15(13-7-9-1-3-11(13)5-9)23-17(21)18(22)24-16(20)14-8-10-2-4-12(14)6-10/h1-4,9-16H,5-8,19-20H2/t9-,10-,11+,12+,13+,14+,15?,16?/m1/s1. The summed E-state index contributed by atoms with van der Waals surface area (Å²) >= 11 is 0. The van der Waals surface area contributed by atoms with E-state index in [4.69, 9.17) is 20.9 Å². The van der Waals surface area contributed by atoms with Gasteiger partial charge in [-0.1, -0.05) is 24.3 Å². The van der Waals surface area contributed by atoms with Crippen LogP contribution in [-0.2, 0) is 19.1 Å². The summed E-state index contributed by atoms with van der Waals surface area (Å²) < 4.78 is 10.3. The monoisotopic (exact) mass is 332 g/mol. The minimum Gasteiger partial charge on any atom is -0.438 e. The Morgan fingerprint density at radius 3 is 1.46 bits per heavy atom. The molecular weight excluding hydrogens is 308 g/mol. The van der Waals surface area contributed by atoms with E-state index in [-0.39, 0.29) is 11.8 Å². The van der Waals surface area contributed by atoms with Gasteiger partial charge in [0.05, 0.1) is 0 Å². The number of ether oxygens (including phenoxy) is 2. The molecule has 4 aliphatic carbocycles. The van der Waals surface area contributed by atoms with Crippen molar-refractivity contribution in [3.05, 3.63) is 24.3 Å². The van der Waals surface area contributed by atoms with E-state index in [9.17, 15) is 9.59 Å². The molecule has 6 heteroatoms. The number of rotatable bonds is 4. The molecule has 2 unspecified atom stereocenters. The predicted molar refractivity (Wildman–Crippen MR) is 85.8 cm³/mol. The number of fused-ring (bicyclic) bond motifs is 4. The molecule has 2 fully saturated rings. The van der Waals surface area contributed by atoms with Crippen LogP contribution in [0.25, 0.3) is 0 Å². The van der Waals surface area contributed by atoms with Crippen molar-refractivity contribution in [1.82, 2.24) is 0 Å². The molecule has 4 N–H and O–H groups in total. The maximum absolute atomic E-state index is 12.0. The van der Waals surface area contributed by atoms with Crippen LogP contribution in [0.3, 0.4) is 0 Å². The molecule has 24 heavy (non-hydrogen) atoms. The second kappa shape index (κ2) is 6.01. The highest BCUT2D eigenvalue weighted by molar-refractivity contribution is 6.29. The highest BCUT2D eigenvalue weighted by Crippen LogP contribution is 2.45. The molecule has 0 radical (unpaired) electrons. The van der Waals surface area contributed by atoms with Gasteiger partial charge in [0.25, 0.3) is 0 Å². The Hall–Kier alpha value is -1.66. The third kappa shape index (κ3) is 2.78. The van der Waals surface area contributed by atoms with E-state index in [1.165, 1.54) is 0 Å². The molecule has 6 nitrogen and oxygen atoms in total. The van der Waals surface area contributed by atoms with Crippen LogP contribution in [0.2, 0.25) is 0 Å². The fourth-order valence-corrected chi connectivity index (χ4v) is 4.92. The van der Waals surface area contributed by atoms with Crippen molar-refractivity contribution >= 4 is 11.9 Å². The fourth-order valence-electron chi connectivity index (χ4n) is 4.92. The zero-order valence-electron chi connectivity index (χ0n) is 13.5. The van der Waals surface area contributed by atoms with E-state index in [0.717, 1.165) is 25.7 Å². The number of carbonyl (C=O) groups excluding carboxylic acids is 2. The molecule has 8 atom stereocenters. The van der Waals surface area contributed by atoms with Crippen molar-refractivity contribution in [1.29, 1.82) is 0 Å². The average Bonchev–Trinajstić information content (AvgIpc) is 3.33. The fraction of sp³-hybridized carbons (Fsp3) is 0.667. The summed E-state index contributed by atoms with van der Waals surface area (Å²) in [7, 11) is 0. The van der Waals surface area contributed by atoms with Gasteiger partial charge in [0.1, 0.15) is 0 Å². The van der Waals surface area contributed by atoms with Gasteiger partial charge in [-0.25, -0.2) is 9.59 Å². The smallest absolute Gasteiger partial charge is 0.419 e. The van der Waals surface area contributed by atoms with E-state index in [1.54, 1.807) is 0 Å². The highest BCUT2D eigenvalue weighted by atomic mass is 16.6. The Morgan fingerprint density at radius 2 is 1.17 bits per heavy atom. The average molecular weight is 332 g/mol. The number of carbonyl (C=O) groups is 2. The molecule has 130 valence electrons.